The van der Waals surface area contributed by atoms with Gasteiger partial charge in [0.25, 0.3) is 5.91 Å². The molecule has 3 aliphatic carbocycles. The van der Waals surface area contributed by atoms with Gasteiger partial charge in [-0.15, -0.1) is 0 Å². The fraction of sp³-hybridized carbons (Fsp3) is 0.756. The van der Waals surface area contributed by atoms with E-state index in [0.717, 1.165) is 49.5 Å². The molecule has 288 valence electrons. The molecule has 0 bridgehead atoms. The summed E-state index contributed by atoms with van der Waals surface area (Å²) in [5.74, 6) is 0.878. The Kier molecular flexibility index (Phi) is 17.6. The number of amides is 2. The van der Waals surface area contributed by atoms with Gasteiger partial charge in [-0.1, -0.05) is 56.6 Å². The third-order valence-electron chi connectivity index (χ3n) is 11.3. The van der Waals surface area contributed by atoms with Gasteiger partial charge in [0.1, 0.15) is 6.29 Å². The Labute approximate surface area is 306 Å². The molecule has 3 rings (SSSR count). The molecular weight excluding hydrogens is 648 g/mol. The van der Waals surface area contributed by atoms with Crippen molar-refractivity contribution < 1.29 is 38.6 Å². The summed E-state index contributed by atoms with van der Waals surface area (Å²) in [5.41, 5.74) is 3.93. The van der Waals surface area contributed by atoms with E-state index < -0.39 is 17.5 Å². The molecular formula is C41H66N2O8. The molecule has 51 heavy (non-hydrogen) atoms. The zero-order chi connectivity index (χ0) is 37.4. The Balaban J connectivity index is 1.33. The van der Waals surface area contributed by atoms with E-state index in [9.17, 15) is 24.3 Å². The molecule has 3 aliphatic rings. The van der Waals surface area contributed by atoms with Crippen LogP contribution in [-0.4, -0.2) is 79.4 Å². The number of nitrogens with zero attached hydrogens (tertiary/aromatic N) is 1. The van der Waals surface area contributed by atoms with E-state index in [2.05, 4.69) is 37.9 Å². The average molecular weight is 715 g/mol. The minimum atomic E-state index is -0.626. The van der Waals surface area contributed by atoms with Crippen LogP contribution in [0.2, 0.25) is 0 Å². The molecule has 2 amide bonds. The first kappa shape index (κ1) is 42.6. The van der Waals surface area contributed by atoms with Crippen molar-refractivity contribution in [3.63, 3.8) is 0 Å². The highest BCUT2D eigenvalue weighted by Gasteiger charge is 2.50. The topological polar surface area (TPSA) is 131 Å². The van der Waals surface area contributed by atoms with Gasteiger partial charge in [0.15, 0.2) is 0 Å². The van der Waals surface area contributed by atoms with Gasteiger partial charge in [0.05, 0.1) is 31.3 Å². The summed E-state index contributed by atoms with van der Waals surface area (Å²) in [5, 5.41) is 13.9. The normalized spacial score (nSPS) is 25.8. The number of carbonyl (C=O) groups is 4. The average Bonchev–Trinajstić information content (AvgIpc) is 3.43. The van der Waals surface area contributed by atoms with Gasteiger partial charge in [-0.2, -0.15) is 5.06 Å². The monoisotopic (exact) mass is 714 g/mol. The number of hydrogen-bond donors (Lipinski definition) is 2. The maximum absolute atomic E-state index is 12.2. The predicted molar refractivity (Wildman–Crippen MR) is 198 cm³/mol. The number of ether oxygens (including phenoxy) is 2. The van der Waals surface area contributed by atoms with Crippen LogP contribution in [0.15, 0.2) is 35.5 Å². The van der Waals surface area contributed by atoms with Crippen LogP contribution in [0.25, 0.3) is 0 Å². The molecule has 2 N–H and O–H groups in total. The Hall–Kier alpha value is -2.82. The number of rotatable bonds is 20. The molecule has 0 aliphatic heterocycles. The van der Waals surface area contributed by atoms with E-state index >= 15 is 0 Å². The molecule has 10 nitrogen and oxygen atoms in total. The first-order valence-corrected chi connectivity index (χ1v) is 19.4. The predicted octanol–water partition coefficient (Wildman–Crippen LogP) is 6.96. The molecule has 3 fully saturated rings. The molecule has 3 saturated carbocycles. The number of fused-ring (bicyclic) bond motifs is 1. The lowest BCUT2D eigenvalue weighted by Crippen LogP contribution is -2.36. The number of carbonyl (C=O) groups excluding carboxylic acids is 4. The number of aliphatic hydroxyl groups is 1. The fourth-order valence-electron chi connectivity index (χ4n) is 8.45. The van der Waals surface area contributed by atoms with Gasteiger partial charge in [0.2, 0.25) is 5.91 Å². The summed E-state index contributed by atoms with van der Waals surface area (Å²) < 4.78 is 11.6. The minimum Gasteiger partial charge on any atom is -0.390 e. The van der Waals surface area contributed by atoms with Crippen molar-refractivity contribution in [2.75, 3.05) is 33.4 Å². The molecule has 0 aromatic carbocycles. The summed E-state index contributed by atoms with van der Waals surface area (Å²) in [7, 11) is 1.32. The number of nitrogens with one attached hydrogen (secondary N) is 1. The Morgan fingerprint density at radius 1 is 1.08 bits per heavy atom. The molecule has 0 saturated heterocycles. The lowest BCUT2D eigenvalue weighted by atomic mass is 9.60. The second-order valence-corrected chi connectivity index (χ2v) is 15.9. The van der Waals surface area contributed by atoms with Crippen molar-refractivity contribution in [2.24, 2.45) is 23.2 Å². The van der Waals surface area contributed by atoms with Gasteiger partial charge in [0, 0.05) is 39.5 Å². The molecule has 0 unspecified atom stereocenters. The molecule has 0 heterocycles. The highest BCUT2D eigenvalue weighted by molar-refractivity contribution is 5.79. The highest BCUT2D eigenvalue weighted by atomic mass is 16.7. The van der Waals surface area contributed by atoms with E-state index in [1.807, 2.05) is 13.8 Å². The fourth-order valence-corrected chi connectivity index (χ4v) is 8.45. The molecule has 0 aromatic rings. The van der Waals surface area contributed by atoms with Crippen molar-refractivity contribution in [3.8, 4) is 0 Å². The first-order chi connectivity index (χ1) is 24.2. The molecule has 0 aromatic heterocycles. The van der Waals surface area contributed by atoms with Crippen LogP contribution in [0.5, 0.6) is 0 Å². The SMILES string of the molecule is C=C1CC[C@H](OCCCNC(=O)CCOCCC(=O)ON(C)C(=O)CCC=O)C/C1=C/C=C1\CCC[C@]2(C)[C@@H]([C@H](C)CCCC(C)(C)O)CC[C@@H]12. The summed E-state index contributed by atoms with van der Waals surface area (Å²) in [6.45, 7) is 14.5. The second-order valence-electron chi connectivity index (χ2n) is 15.9. The first-order valence-electron chi connectivity index (χ1n) is 19.4. The van der Waals surface area contributed by atoms with Crippen LogP contribution in [-0.2, 0) is 33.5 Å². The van der Waals surface area contributed by atoms with Crippen LogP contribution in [0.4, 0.5) is 0 Å². The number of hydrogen-bond acceptors (Lipinski definition) is 8. The number of hydroxylamine groups is 2. The van der Waals surface area contributed by atoms with Crippen molar-refractivity contribution in [1.82, 2.24) is 10.4 Å². The lowest BCUT2D eigenvalue weighted by Gasteiger charge is -2.44. The van der Waals surface area contributed by atoms with Gasteiger partial charge in [-0.05, 0) is 107 Å². The van der Waals surface area contributed by atoms with Crippen molar-refractivity contribution in [1.29, 1.82) is 0 Å². The largest absolute Gasteiger partial charge is 0.390 e. The summed E-state index contributed by atoms with van der Waals surface area (Å²) in [6, 6.07) is 0. The zero-order valence-corrected chi connectivity index (χ0v) is 32.1. The molecule has 0 radical (unpaired) electrons. The van der Waals surface area contributed by atoms with Gasteiger partial charge in [-0.3, -0.25) is 9.59 Å². The van der Waals surface area contributed by atoms with E-state index in [-0.39, 0.29) is 50.9 Å². The minimum absolute atomic E-state index is 0.0210. The lowest BCUT2D eigenvalue weighted by molar-refractivity contribution is -0.193. The summed E-state index contributed by atoms with van der Waals surface area (Å²) >= 11 is 0. The van der Waals surface area contributed by atoms with Crippen molar-refractivity contribution in [2.45, 2.75) is 142 Å². The van der Waals surface area contributed by atoms with Crippen LogP contribution in [0.1, 0.15) is 130 Å². The van der Waals surface area contributed by atoms with E-state index in [0.29, 0.717) is 36.7 Å². The van der Waals surface area contributed by atoms with E-state index in [1.54, 1.807) is 5.57 Å². The van der Waals surface area contributed by atoms with Crippen LogP contribution in [0.3, 0.4) is 0 Å². The standard InChI is InChI=1S/C41H66N2O8/c1-30-14-17-34(50-26-10-24-42-37(45)20-27-49-28-21-39(47)51-43(6)38(46)13-9-25-44)29-33(30)16-15-32-12-8-23-41(5)35(18-19-36(32)41)31(2)11-7-22-40(3,4)48/h15-16,25,31,34-36,48H,1,7-14,17-24,26-29H2,2-6H3,(H,42,45)/b32-15+,33-16-/t31-,34+,35-,36+,41-/m1/s1. The summed E-state index contributed by atoms with van der Waals surface area (Å²) in [4.78, 5) is 51.0. The van der Waals surface area contributed by atoms with Crippen molar-refractivity contribution in [3.05, 3.63) is 35.5 Å². The molecule has 10 heteroatoms. The van der Waals surface area contributed by atoms with E-state index in [4.69, 9.17) is 14.3 Å². The number of aldehydes is 1. The van der Waals surface area contributed by atoms with Crippen LogP contribution < -0.4 is 5.32 Å². The third-order valence-corrected chi connectivity index (χ3v) is 11.3. The molecule has 0 spiro atoms. The van der Waals surface area contributed by atoms with Crippen molar-refractivity contribution >= 4 is 24.1 Å². The van der Waals surface area contributed by atoms with E-state index in [1.165, 1.54) is 56.7 Å². The Morgan fingerprint density at radius 3 is 2.59 bits per heavy atom. The molecule has 5 atom stereocenters. The maximum atomic E-state index is 12.2. The zero-order valence-electron chi connectivity index (χ0n) is 32.1. The second kappa shape index (κ2) is 21.0. The Morgan fingerprint density at radius 2 is 1.84 bits per heavy atom. The Bertz CT molecular complexity index is 1240. The van der Waals surface area contributed by atoms with Gasteiger partial charge < -0.3 is 29.5 Å². The quantitative estimate of drug-likeness (QED) is 0.0787. The highest BCUT2D eigenvalue weighted by Crippen LogP contribution is 2.60. The maximum Gasteiger partial charge on any atom is 0.334 e. The third kappa shape index (κ3) is 14.3. The smallest absolute Gasteiger partial charge is 0.334 e. The number of allylic oxidation sites excluding steroid dienone is 4. The van der Waals surface area contributed by atoms with Crippen LogP contribution in [0, 0.1) is 23.2 Å². The summed E-state index contributed by atoms with van der Waals surface area (Å²) in [6.07, 6.45) is 18.7. The van der Waals surface area contributed by atoms with Gasteiger partial charge >= 0.3 is 5.97 Å². The van der Waals surface area contributed by atoms with Gasteiger partial charge in [-0.25, -0.2) is 4.79 Å². The van der Waals surface area contributed by atoms with Crippen LogP contribution >= 0.6 is 0 Å².